The summed E-state index contributed by atoms with van der Waals surface area (Å²) in [5, 5.41) is 9.14. The molecule has 5 nitrogen and oxygen atoms in total. The summed E-state index contributed by atoms with van der Waals surface area (Å²) in [6, 6.07) is 6.80. The second-order valence-corrected chi connectivity index (χ2v) is 7.34. The van der Waals surface area contributed by atoms with Crippen molar-refractivity contribution in [2.24, 2.45) is 5.41 Å². The van der Waals surface area contributed by atoms with E-state index in [0.717, 1.165) is 51.0 Å². The standard InChI is InChI=1S/C19H26F2N2O3/c20-18(21)26-16-3-1-15(2-4-16)13-22-9-7-19(8-10-22)6-5-17(25)23(14-19)11-12-24/h1-4,18,24H,5-14H2. The number of hydrogen-bond donors (Lipinski definition) is 1. The predicted octanol–water partition coefficient (Wildman–Crippen LogP) is 2.48. The fraction of sp³-hybridized carbons (Fsp3) is 0.632. The Kier molecular flexibility index (Phi) is 6.09. The SMILES string of the molecule is O=C1CCC2(CCN(Cc3ccc(OC(F)F)cc3)CC2)CN1CCO. The molecule has 0 aliphatic carbocycles. The summed E-state index contributed by atoms with van der Waals surface area (Å²) >= 11 is 0. The van der Waals surface area contributed by atoms with Crippen LogP contribution < -0.4 is 4.74 Å². The third-order valence-electron chi connectivity index (χ3n) is 5.59. The molecule has 2 aliphatic rings. The molecule has 26 heavy (non-hydrogen) atoms. The maximum Gasteiger partial charge on any atom is 0.387 e. The van der Waals surface area contributed by atoms with Gasteiger partial charge in [0.1, 0.15) is 5.75 Å². The van der Waals surface area contributed by atoms with E-state index in [-0.39, 0.29) is 23.7 Å². The van der Waals surface area contributed by atoms with Gasteiger partial charge in [-0.1, -0.05) is 12.1 Å². The van der Waals surface area contributed by atoms with Gasteiger partial charge in [-0.15, -0.1) is 0 Å². The summed E-state index contributed by atoms with van der Waals surface area (Å²) in [6.45, 7) is 1.08. The average molecular weight is 368 g/mol. The number of nitrogens with zero attached hydrogens (tertiary/aromatic N) is 2. The van der Waals surface area contributed by atoms with Crippen LogP contribution in [-0.2, 0) is 11.3 Å². The molecule has 2 aliphatic heterocycles. The van der Waals surface area contributed by atoms with Crippen molar-refractivity contribution >= 4 is 5.91 Å². The van der Waals surface area contributed by atoms with Crippen LogP contribution in [0.1, 0.15) is 31.2 Å². The maximum atomic E-state index is 12.2. The first-order chi connectivity index (χ1) is 12.5. The summed E-state index contributed by atoms with van der Waals surface area (Å²) < 4.78 is 28.8. The first-order valence-corrected chi connectivity index (χ1v) is 9.14. The number of ether oxygens (including phenoxy) is 1. The van der Waals surface area contributed by atoms with Crippen molar-refractivity contribution in [1.82, 2.24) is 9.80 Å². The number of alkyl halides is 2. The van der Waals surface area contributed by atoms with Crippen LogP contribution >= 0.6 is 0 Å². The third kappa shape index (κ3) is 4.71. The minimum absolute atomic E-state index is 0.0131. The monoisotopic (exact) mass is 368 g/mol. The van der Waals surface area contributed by atoms with Crippen molar-refractivity contribution in [2.75, 3.05) is 32.8 Å². The lowest BCUT2D eigenvalue weighted by Gasteiger charge is -2.47. The highest BCUT2D eigenvalue weighted by Gasteiger charge is 2.40. The fourth-order valence-corrected chi connectivity index (χ4v) is 4.05. The second-order valence-electron chi connectivity index (χ2n) is 7.34. The Morgan fingerprint density at radius 2 is 1.85 bits per heavy atom. The molecule has 1 spiro atoms. The Labute approximate surface area is 152 Å². The van der Waals surface area contributed by atoms with E-state index in [0.29, 0.717) is 13.0 Å². The van der Waals surface area contributed by atoms with E-state index in [1.165, 1.54) is 0 Å². The molecule has 0 aromatic heterocycles. The van der Waals surface area contributed by atoms with Gasteiger partial charge in [-0.05, 0) is 55.5 Å². The highest BCUT2D eigenvalue weighted by atomic mass is 19.3. The summed E-state index contributed by atoms with van der Waals surface area (Å²) in [6.07, 6.45) is 3.58. The molecule has 1 aromatic rings. The van der Waals surface area contributed by atoms with Crippen LogP contribution in [0.2, 0.25) is 0 Å². The molecule has 1 N–H and O–H groups in total. The number of benzene rings is 1. The third-order valence-corrected chi connectivity index (χ3v) is 5.59. The van der Waals surface area contributed by atoms with Crippen molar-refractivity contribution < 1.29 is 23.4 Å². The average Bonchev–Trinajstić information content (AvgIpc) is 2.62. The Hall–Kier alpha value is -1.73. The van der Waals surface area contributed by atoms with Gasteiger partial charge in [0, 0.05) is 26.1 Å². The van der Waals surface area contributed by atoms with Crippen LogP contribution in [0.3, 0.4) is 0 Å². The second kappa shape index (κ2) is 8.31. The number of carbonyl (C=O) groups is 1. The summed E-state index contributed by atoms with van der Waals surface area (Å²) in [5.41, 5.74) is 1.25. The summed E-state index contributed by atoms with van der Waals surface area (Å²) in [4.78, 5) is 16.1. The molecule has 7 heteroatoms. The molecule has 0 radical (unpaired) electrons. The zero-order valence-electron chi connectivity index (χ0n) is 14.9. The Balaban J connectivity index is 1.51. The molecule has 3 rings (SSSR count). The molecule has 0 saturated carbocycles. The van der Waals surface area contributed by atoms with Gasteiger partial charge >= 0.3 is 6.61 Å². The number of likely N-dealkylation sites (tertiary alicyclic amines) is 2. The fourth-order valence-electron chi connectivity index (χ4n) is 4.05. The van der Waals surface area contributed by atoms with Gasteiger partial charge in [0.05, 0.1) is 6.61 Å². The first-order valence-electron chi connectivity index (χ1n) is 9.14. The Bertz CT molecular complexity index is 601. The summed E-state index contributed by atoms with van der Waals surface area (Å²) in [7, 11) is 0. The number of piperidine rings is 2. The van der Waals surface area contributed by atoms with Gasteiger partial charge in [0.25, 0.3) is 0 Å². The zero-order valence-corrected chi connectivity index (χ0v) is 14.9. The Morgan fingerprint density at radius 1 is 1.15 bits per heavy atom. The normalized spacial score (nSPS) is 20.8. The lowest BCUT2D eigenvalue weighted by atomic mass is 9.72. The number of β-amino-alcohol motifs (C(OH)–C–C–N with tert-alkyl or cyclic N) is 1. The molecule has 2 fully saturated rings. The number of aliphatic hydroxyl groups excluding tert-OH is 1. The molecule has 144 valence electrons. The van der Waals surface area contributed by atoms with E-state index >= 15 is 0 Å². The number of rotatable bonds is 6. The van der Waals surface area contributed by atoms with Crippen molar-refractivity contribution in [2.45, 2.75) is 38.8 Å². The number of hydrogen-bond acceptors (Lipinski definition) is 4. The minimum atomic E-state index is -2.80. The van der Waals surface area contributed by atoms with Crippen LogP contribution in [0.25, 0.3) is 0 Å². The van der Waals surface area contributed by atoms with E-state index in [1.54, 1.807) is 17.0 Å². The van der Waals surface area contributed by atoms with Crippen LogP contribution in [0.15, 0.2) is 24.3 Å². The van der Waals surface area contributed by atoms with Gasteiger partial charge in [-0.25, -0.2) is 0 Å². The number of carbonyl (C=O) groups excluding carboxylic acids is 1. The molecule has 1 aromatic carbocycles. The zero-order chi connectivity index (χ0) is 18.6. The molecule has 2 heterocycles. The molecule has 0 atom stereocenters. The van der Waals surface area contributed by atoms with E-state index in [4.69, 9.17) is 5.11 Å². The smallest absolute Gasteiger partial charge is 0.387 e. The maximum absolute atomic E-state index is 12.2. The Morgan fingerprint density at radius 3 is 2.46 bits per heavy atom. The lowest BCUT2D eigenvalue weighted by Crippen LogP contribution is -2.51. The molecule has 1 amide bonds. The molecule has 0 unspecified atom stereocenters. The summed E-state index contributed by atoms with van der Waals surface area (Å²) in [5.74, 6) is 0.329. The number of halogens is 2. The quantitative estimate of drug-likeness (QED) is 0.838. The predicted molar refractivity (Wildman–Crippen MR) is 92.9 cm³/mol. The lowest BCUT2D eigenvalue weighted by molar-refractivity contribution is -0.139. The van der Waals surface area contributed by atoms with Crippen molar-refractivity contribution in [3.63, 3.8) is 0 Å². The van der Waals surface area contributed by atoms with Crippen molar-refractivity contribution in [3.05, 3.63) is 29.8 Å². The minimum Gasteiger partial charge on any atom is -0.435 e. The number of aliphatic hydroxyl groups is 1. The molecular weight excluding hydrogens is 342 g/mol. The highest BCUT2D eigenvalue weighted by molar-refractivity contribution is 5.77. The van der Waals surface area contributed by atoms with E-state index in [2.05, 4.69) is 9.64 Å². The van der Waals surface area contributed by atoms with E-state index in [1.807, 2.05) is 12.1 Å². The van der Waals surface area contributed by atoms with Gasteiger partial charge in [0.15, 0.2) is 0 Å². The van der Waals surface area contributed by atoms with E-state index in [9.17, 15) is 13.6 Å². The van der Waals surface area contributed by atoms with Crippen LogP contribution in [-0.4, -0.2) is 60.2 Å². The highest BCUT2D eigenvalue weighted by Crippen LogP contribution is 2.40. The van der Waals surface area contributed by atoms with E-state index < -0.39 is 6.61 Å². The topological polar surface area (TPSA) is 53.0 Å². The van der Waals surface area contributed by atoms with Gasteiger partial charge in [-0.2, -0.15) is 8.78 Å². The number of amides is 1. The first kappa shape index (κ1) is 19.0. The van der Waals surface area contributed by atoms with Crippen molar-refractivity contribution in [1.29, 1.82) is 0 Å². The van der Waals surface area contributed by atoms with Crippen molar-refractivity contribution in [3.8, 4) is 5.75 Å². The van der Waals surface area contributed by atoms with Gasteiger partial charge in [0.2, 0.25) is 5.91 Å². The van der Waals surface area contributed by atoms with Crippen LogP contribution in [0.4, 0.5) is 8.78 Å². The molecule has 2 saturated heterocycles. The van der Waals surface area contributed by atoms with Gasteiger partial charge < -0.3 is 14.7 Å². The van der Waals surface area contributed by atoms with Crippen LogP contribution in [0.5, 0.6) is 5.75 Å². The van der Waals surface area contributed by atoms with Crippen LogP contribution in [0, 0.1) is 5.41 Å². The largest absolute Gasteiger partial charge is 0.435 e. The molecular formula is C19H26F2N2O3. The molecule has 0 bridgehead atoms. The van der Waals surface area contributed by atoms with Gasteiger partial charge in [-0.3, -0.25) is 9.69 Å².